The van der Waals surface area contributed by atoms with Gasteiger partial charge >= 0.3 is 0 Å². The Morgan fingerprint density at radius 2 is 1.70 bits per heavy atom. The molecule has 0 fully saturated rings. The van der Waals surface area contributed by atoms with Gasteiger partial charge in [0, 0.05) is 42.9 Å². The molecule has 5 unspecified atom stereocenters. The number of anilines is 1. The van der Waals surface area contributed by atoms with E-state index in [1.54, 1.807) is 27.5 Å². The van der Waals surface area contributed by atoms with E-state index >= 15 is 0 Å². The van der Waals surface area contributed by atoms with Crippen molar-refractivity contribution in [3.63, 3.8) is 0 Å². The fourth-order valence-corrected chi connectivity index (χ4v) is 5.81. The van der Waals surface area contributed by atoms with Gasteiger partial charge in [-0.1, -0.05) is 0 Å². The van der Waals surface area contributed by atoms with Crippen molar-refractivity contribution in [2.45, 2.75) is 37.6 Å². The van der Waals surface area contributed by atoms with Crippen LogP contribution in [-0.2, 0) is 15.9 Å². The molecule has 5 atom stereocenters. The molecule has 3 N–H and O–H groups in total. The smallest absolute Gasteiger partial charge is 0.125 e. The summed E-state index contributed by atoms with van der Waals surface area (Å²) in [6, 6.07) is 15.1. The Balaban J connectivity index is 1.50. The Labute approximate surface area is 235 Å². The lowest BCUT2D eigenvalue weighted by Crippen LogP contribution is -2.46. The van der Waals surface area contributed by atoms with Gasteiger partial charge in [0.2, 0.25) is 0 Å². The average Bonchev–Trinajstić information content (AvgIpc) is 2.97. The van der Waals surface area contributed by atoms with Crippen LogP contribution in [0.25, 0.3) is 0 Å². The number of ether oxygens (including phenoxy) is 6. The maximum Gasteiger partial charge on any atom is 0.125 e. The number of nitrogens with zero attached hydrogens (tertiary/aromatic N) is 1. The SMILES string of the molecule is COCCCC1Oc2ccc(OC)cc2C(OCCc2ccnc(N)c2)C1C1COc2ccc(OC)cc2C1O. The van der Waals surface area contributed by atoms with E-state index in [9.17, 15) is 5.11 Å². The minimum Gasteiger partial charge on any atom is -0.497 e. The Morgan fingerprint density at radius 1 is 0.950 bits per heavy atom. The number of pyridine rings is 1. The van der Waals surface area contributed by atoms with Crippen LogP contribution in [-0.4, -0.2) is 57.3 Å². The van der Waals surface area contributed by atoms with Crippen molar-refractivity contribution in [1.82, 2.24) is 4.98 Å². The molecule has 0 bridgehead atoms. The van der Waals surface area contributed by atoms with E-state index in [1.807, 2.05) is 48.5 Å². The molecule has 0 saturated carbocycles. The fourth-order valence-electron chi connectivity index (χ4n) is 5.81. The average molecular weight is 551 g/mol. The minimum absolute atomic E-state index is 0.215. The molecule has 9 heteroatoms. The van der Waals surface area contributed by atoms with Gasteiger partial charge in [0.15, 0.2) is 0 Å². The first kappa shape index (κ1) is 28.0. The zero-order valence-electron chi connectivity index (χ0n) is 23.2. The number of methoxy groups -OCH3 is 3. The largest absolute Gasteiger partial charge is 0.497 e. The van der Waals surface area contributed by atoms with E-state index in [0.29, 0.717) is 54.9 Å². The fraction of sp³-hybridized carbons (Fsp3) is 0.452. The van der Waals surface area contributed by atoms with Crippen LogP contribution < -0.4 is 24.7 Å². The lowest BCUT2D eigenvalue weighted by Gasteiger charge is -2.46. The molecule has 40 heavy (non-hydrogen) atoms. The number of aliphatic hydroxyl groups excluding tert-OH is 1. The highest BCUT2D eigenvalue weighted by Crippen LogP contribution is 2.51. The molecule has 0 saturated heterocycles. The first-order valence-corrected chi connectivity index (χ1v) is 13.7. The molecule has 2 aliphatic heterocycles. The van der Waals surface area contributed by atoms with Gasteiger partial charge in [-0.05, 0) is 73.4 Å². The van der Waals surface area contributed by atoms with Crippen LogP contribution in [0.1, 0.15) is 41.7 Å². The van der Waals surface area contributed by atoms with Crippen LogP contribution in [0.2, 0.25) is 0 Å². The van der Waals surface area contributed by atoms with Crippen molar-refractivity contribution in [3.05, 3.63) is 71.4 Å². The summed E-state index contributed by atoms with van der Waals surface area (Å²) >= 11 is 0. The lowest BCUT2D eigenvalue weighted by molar-refractivity contribution is -0.112. The second-order valence-corrected chi connectivity index (χ2v) is 10.2. The Morgan fingerprint density at radius 3 is 2.42 bits per heavy atom. The molecule has 5 rings (SSSR count). The van der Waals surface area contributed by atoms with E-state index in [-0.39, 0.29) is 24.0 Å². The van der Waals surface area contributed by atoms with Gasteiger partial charge in [-0.15, -0.1) is 0 Å². The summed E-state index contributed by atoms with van der Waals surface area (Å²) in [4.78, 5) is 4.09. The number of nitrogen functional groups attached to an aromatic ring is 1. The molecule has 0 aliphatic carbocycles. The van der Waals surface area contributed by atoms with Crippen LogP contribution in [0.4, 0.5) is 5.82 Å². The van der Waals surface area contributed by atoms with Crippen LogP contribution in [0, 0.1) is 11.8 Å². The molecule has 0 amide bonds. The number of aromatic nitrogens is 1. The monoisotopic (exact) mass is 550 g/mol. The molecule has 3 heterocycles. The van der Waals surface area contributed by atoms with Crippen molar-refractivity contribution in [2.75, 3.05) is 46.9 Å². The highest BCUT2D eigenvalue weighted by atomic mass is 16.5. The molecule has 1 aromatic heterocycles. The Kier molecular flexibility index (Phi) is 8.94. The van der Waals surface area contributed by atoms with Gasteiger partial charge in [-0.25, -0.2) is 4.98 Å². The molecule has 214 valence electrons. The topological polar surface area (TPSA) is 115 Å². The van der Waals surface area contributed by atoms with Crippen LogP contribution in [0.15, 0.2) is 54.7 Å². The van der Waals surface area contributed by atoms with E-state index in [1.165, 1.54) is 0 Å². The normalized spacial score (nSPS) is 23.4. The van der Waals surface area contributed by atoms with Crippen LogP contribution in [0.5, 0.6) is 23.0 Å². The molecule has 0 spiro atoms. The second-order valence-electron chi connectivity index (χ2n) is 10.2. The highest BCUT2D eigenvalue weighted by molar-refractivity contribution is 5.46. The van der Waals surface area contributed by atoms with Crippen LogP contribution >= 0.6 is 0 Å². The molecular weight excluding hydrogens is 512 g/mol. The molecule has 3 aromatic rings. The number of nitrogens with two attached hydrogens (primary N) is 1. The maximum atomic E-state index is 11.8. The first-order valence-electron chi connectivity index (χ1n) is 13.7. The zero-order chi connectivity index (χ0) is 28.1. The van der Waals surface area contributed by atoms with Crippen molar-refractivity contribution >= 4 is 5.82 Å². The van der Waals surface area contributed by atoms with E-state index in [2.05, 4.69) is 4.98 Å². The summed E-state index contributed by atoms with van der Waals surface area (Å²) < 4.78 is 35.9. The number of aliphatic hydroxyl groups is 1. The standard InChI is InChI=1S/C31H38N2O7/c1-35-13-4-5-27-29(24-18-39-25-8-6-20(36-2)16-22(25)30(24)34)31(23-17-21(37-3)7-9-26(23)40-27)38-14-11-19-10-12-33-28(32)15-19/h6-10,12,15-17,24,27,29-31,34H,4-5,11,13-14,18H2,1-3H3,(H2,32,33). The van der Waals surface area contributed by atoms with Gasteiger partial charge in [-0.2, -0.15) is 0 Å². The summed E-state index contributed by atoms with van der Waals surface area (Å²) in [5.74, 6) is 2.76. The number of benzene rings is 2. The van der Waals surface area contributed by atoms with Gasteiger partial charge in [-0.3, -0.25) is 0 Å². The lowest BCUT2D eigenvalue weighted by atomic mass is 9.73. The molecular formula is C31H38N2O7. The van der Waals surface area contributed by atoms with E-state index in [4.69, 9.17) is 34.2 Å². The number of hydrogen-bond donors (Lipinski definition) is 2. The second kappa shape index (κ2) is 12.8. The first-order chi connectivity index (χ1) is 19.5. The summed E-state index contributed by atoms with van der Waals surface area (Å²) in [6.45, 7) is 1.39. The van der Waals surface area contributed by atoms with Crippen molar-refractivity contribution in [1.29, 1.82) is 0 Å². The van der Waals surface area contributed by atoms with Crippen molar-refractivity contribution in [2.24, 2.45) is 11.8 Å². The summed E-state index contributed by atoms with van der Waals surface area (Å²) in [7, 11) is 4.95. The van der Waals surface area contributed by atoms with Gasteiger partial charge < -0.3 is 39.3 Å². The Hall–Kier alpha value is -3.53. The summed E-state index contributed by atoms with van der Waals surface area (Å²) in [5, 5.41) is 11.8. The number of rotatable bonds is 11. The van der Waals surface area contributed by atoms with E-state index < -0.39 is 6.10 Å². The molecule has 2 aromatic carbocycles. The van der Waals surface area contributed by atoms with Gasteiger partial charge in [0.25, 0.3) is 0 Å². The quantitative estimate of drug-likeness (QED) is 0.332. The maximum absolute atomic E-state index is 11.8. The highest BCUT2D eigenvalue weighted by Gasteiger charge is 2.48. The third-order valence-corrected chi connectivity index (χ3v) is 7.82. The Bertz CT molecular complexity index is 1290. The van der Waals surface area contributed by atoms with Gasteiger partial charge in [0.05, 0.1) is 39.6 Å². The number of hydrogen-bond acceptors (Lipinski definition) is 9. The van der Waals surface area contributed by atoms with E-state index in [0.717, 1.165) is 29.7 Å². The predicted octanol–water partition coefficient (Wildman–Crippen LogP) is 4.53. The minimum atomic E-state index is -0.796. The summed E-state index contributed by atoms with van der Waals surface area (Å²) in [6.07, 6.45) is 2.51. The van der Waals surface area contributed by atoms with Crippen molar-refractivity contribution in [3.8, 4) is 23.0 Å². The molecule has 9 nitrogen and oxygen atoms in total. The summed E-state index contributed by atoms with van der Waals surface area (Å²) in [5.41, 5.74) is 8.53. The third-order valence-electron chi connectivity index (χ3n) is 7.82. The molecule has 2 aliphatic rings. The predicted molar refractivity (Wildman–Crippen MR) is 150 cm³/mol. The van der Waals surface area contributed by atoms with Crippen LogP contribution in [0.3, 0.4) is 0 Å². The van der Waals surface area contributed by atoms with Crippen molar-refractivity contribution < 1.29 is 33.5 Å². The number of fused-ring (bicyclic) bond motifs is 2. The molecule has 0 radical (unpaired) electrons. The third kappa shape index (κ3) is 5.96. The zero-order valence-corrected chi connectivity index (χ0v) is 23.2. The van der Waals surface area contributed by atoms with Gasteiger partial charge in [0.1, 0.15) is 34.9 Å².